The molecule has 0 saturated heterocycles. The summed E-state index contributed by atoms with van der Waals surface area (Å²) in [6.45, 7) is 15.5. The van der Waals surface area contributed by atoms with E-state index in [0.29, 0.717) is 5.25 Å². The fourth-order valence-electron chi connectivity index (χ4n) is 3.47. The van der Waals surface area contributed by atoms with E-state index in [1.807, 2.05) is 11.9 Å². The van der Waals surface area contributed by atoms with Crippen molar-refractivity contribution in [3.05, 3.63) is 41.5 Å². The Hall–Kier alpha value is -0.460. The van der Waals surface area contributed by atoms with Crippen LogP contribution in [0.5, 0.6) is 0 Å². The van der Waals surface area contributed by atoms with Gasteiger partial charge in [0.2, 0.25) is 0 Å². The van der Waals surface area contributed by atoms with Crippen LogP contribution in [0.4, 0.5) is 0 Å². The number of nitrogens with one attached hydrogen (secondary N) is 3. The molecule has 2 atom stereocenters. The van der Waals surface area contributed by atoms with Crippen LogP contribution in [-0.4, -0.2) is 23.9 Å². The molecule has 0 amide bonds. The van der Waals surface area contributed by atoms with E-state index >= 15 is 0 Å². The molecule has 1 aliphatic rings. The highest BCUT2D eigenvalue weighted by Crippen LogP contribution is 2.34. The lowest BCUT2D eigenvalue weighted by atomic mass is 9.80. The van der Waals surface area contributed by atoms with Crippen molar-refractivity contribution in [3.8, 4) is 0 Å². The van der Waals surface area contributed by atoms with Crippen LogP contribution in [-0.2, 0) is 6.42 Å². The molecule has 2 rings (SSSR count). The summed E-state index contributed by atoms with van der Waals surface area (Å²) in [5, 5.41) is 0.651. The standard InChI is InChI=1S/C24H41N3S2/c1-18(2)28-26-17-19(3)21-11-13-23(14-12-21)22-9-7-20(8-10-22)15-16-25-29-27-24(4,5)6/h7-10,13,18-19,21,25-27H,11-12,14-17H2,1-6H3. The van der Waals surface area contributed by atoms with Gasteiger partial charge >= 0.3 is 0 Å². The Morgan fingerprint density at radius 2 is 1.79 bits per heavy atom. The minimum absolute atomic E-state index is 0.132. The number of rotatable bonds is 11. The first-order chi connectivity index (χ1) is 13.7. The Morgan fingerprint density at radius 3 is 2.38 bits per heavy atom. The average Bonchev–Trinajstić information content (AvgIpc) is 2.67. The van der Waals surface area contributed by atoms with Crippen LogP contribution in [0, 0.1) is 11.8 Å². The Kier molecular flexibility index (Phi) is 10.6. The van der Waals surface area contributed by atoms with Crippen molar-refractivity contribution < 1.29 is 0 Å². The Balaban J connectivity index is 1.73. The molecule has 0 heterocycles. The second-order valence-electron chi connectivity index (χ2n) is 9.55. The Morgan fingerprint density at radius 1 is 1.07 bits per heavy atom. The van der Waals surface area contributed by atoms with Gasteiger partial charge in [-0.25, -0.2) is 4.72 Å². The van der Waals surface area contributed by atoms with Gasteiger partial charge in [-0.1, -0.05) is 63.1 Å². The normalized spacial score (nSPS) is 18.7. The fraction of sp³-hybridized carbons (Fsp3) is 0.667. The monoisotopic (exact) mass is 435 g/mol. The molecule has 0 spiro atoms. The summed E-state index contributed by atoms with van der Waals surface area (Å²) in [6.07, 6.45) is 7.28. The summed E-state index contributed by atoms with van der Waals surface area (Å²) in [5.74, 6) is 1.54. The van der Waals surface area contributed by atoms with Crippen molar-refractivity contribution in [3.63, 3.8) is 0 Å². The van der Waals surface area contributed by atoms with E-state index in [4.69, 9.17) is 0 Å². The molecule has 1 aliphatic carbocycles. The van der Waals surface area contributed by atoms with E-state index in [1.165, 1.54) is 36.0 Å². The summed E-state index contributed by atoms with van der Waals surface area (Å²) in [7, 11) is 0. The molecule has 5 heteroatoms. The van der Waals surface area contributed by atoms with Crippen molar-refractivity contribution in [2.24, 2.45) is 11.8 Å². The minimum Gasteiger partial charge on any atom is -0.264 e. The highest BCUT2D eigenvalue weighted by atomic mass is 32.2. The van der Waals surface area contributed by atoms with Gasteiger partial charge in [-0.3, -0.25) is 9.44 Å². The number of allylic oxidation sites excluding steroid dienone is 2. The topological polar surface area (TPSA) is 36.1 Å². The van der Waals surface area contributed by atoms with Crippen LogP contribution in [0.2, 0.25) is 0 Å². The summed E-state index contributed by atoms with van der Waals surface area (Å²) < 4.78 is 10.3. The summed E-state index contributed by atoms with van der Waals surface area (Å²) in [5.41, 5.74) is 4.47. The quantitative estimate of drug-likeness (QED) is 0.283. The van der Waals surface area contributed by atoms with Crippen LogP contribution in [0.15, 0.2) is 30.3 Å². The van der Waals surface area contributed by atoms with Gasteiger partial charge in [0.25, 0.3) is 0 Å². The minimum atomic E-state index is 0.132. The average molecular weight is 436 g/mol. The van der Waals surface area contributed by atoms with Crippen LogP contribution in [0.1, 0.15) is 71.9 Å². The van der Waals surface area contributed by atoms with Crippen molar-refractivity contribution in [1.82, 2.24) is 14.2 Å². The molecular weight excluding hydrogens is 394 g/mol. The highest BCUT2D eigenvalue weighted by molar-refractivity contribution is 7.98. The third kappa shape index (κ3) is 9.93. The highest BCUT2D eigenvalue weighted by Gasteiger charge is 2.21. The van der Waals surface area contributed by atoms with Crippen LogP contribution in [0.3, 0.4) is 0 Å². The Labute approximate surface area is 188 Å². The van der Waals surface area contributed by atoms with Crippen molar-refractivity contribution in [1.29, 1.82) is 0 Å². The molecule has 29 heavy (non-hydrogen) atoms. The predicted octanol–water partition coefficient (Wildman–Crippen LogP) is 6.24. The number of hydrogen-bond acceptors (Lipinski definition) is 5. The maximum Gasteiger partial charge on any atom is 0.0210 e. The molecule has 0 saturated carbocycles. The lowest BCUT2D eigenvalue weighted by Gasteiger charge is -2.28. The largest absolute Gasteiger partial charge is 0.264 e. The maximum absolute atomic E-state index is 3.55. The van der Waals surface area contributed by atoms with E-state index in [0.717, 1.165) is 31.3 Å². The van der Waals surface area contributed by atoms with E-state index in [2.05, 4.69) is 86.1 Å². The summed E-state index contributed by atoms with van der Waals surface area (Å²) >= 11 is 3.46. The molecular formula is C24H41N3S2. The zero-order chi connectivity index (χ0) is 21.3. The summed E-state index contributed by atoms with van der Waals surface area (Å²) in [6, 6.07) is 9.21. The molecule has 0 fully saturated rings. The van der Waals surface area contributed by atoms with Gasteiger partial charge in [0, 0.05) is 36.0 Å². The smallest absolute Gasteiger partial charge is 0.0210 e. The molecule has 164 valence electrons. The first-order valence-corrected chi connectivity index (χ1v) is 12.8. The lowest BCUT2D eigenvalue weighted by molar-refractivity contribution is 0.336. The zero-order valence-electron chi connectivity index (χ0n) is 19.2. The first-order valence-electron chi connectivity index (χ1n) is 11.1. The van der Waals surface area contributed by atoms with Gasteiger partial charge in [-0.2, -0.15) is 0 Å². The zero-order valence-corrected chi connectivity index (χ0v) is 20.8. The second-order valence-corrected chi connectivity index (χ2v) is 11.7. The van der Waals surface area contributed by atoms with Crippen molar-refractivity contribution >= 4 is 29.7 Å². The number of benzene rings is 1. The third-order valence-electron chi connectivity index (χ3n) is 5.25. The molecule has 3 nitrogen and oxygen atoms in total. The molecule has 3 N–H and O–H groups in total. The fourth-order valence-corrected chi connectivity index (χ4v) is 4.74. The van der Waals surface area contributed by atoms with Crippen LogP contribution < -0.4 is 14.2 Å². The maximum atomic E-state index is 3.55. The Bertz CT molecular complexity index is 620. The van der Waals surface area contributed by atoms with Crippen LogP contribution in [0.25, 0.3) is 5.57 Å². The van der Waals surface area contributed by atoms with E-state index in [-0.39, 0.29) is 5.54 Å². The molecule has 0 radical (unpaired) electrons. The van der Waals surface area contributed by atoms with Gasteiger partial charge in [-0.15, -0.1) is 0 Å². The molecule has 2 unspecified atom stereocenters. The van der Waals surface area contributed by atoms with E-state index in [1.54, 1.807) is 12.1 Å². The first kappa shape index (κ1) is 24.8. The van der Waals surface area contributed by atoms with Gasteiger partial charge < -0.3 is 0 Å². The lowest BCUT2D eigenvalue weighted by Crippen LogP contribution is -2.33. The number of hydrogen-bond donors (Lipinski definition) is 3. The SMILES string of the molecule is CC(C)SNCC(C)C1CC=C(c2ccc(CCNSNC(C)(C)C)cc2)CC1. The molecule has 0 aromatic heterocycles. The van der Waals surface area contributed by atoms with E-state index < -0.39 is 0 Å². The van der Waals surface area contributed by atoms with Gasteiger partial charge in [0.1, 0.15) is 0 Å². The van der Waals surface area contributed by atoms with Gasteiger partial charge in [0.05, 0.1) is 0 Å². The molecule has 0 bridgehead atoms. The predicted molar refractivity (Wildman–Crippen MR) is 134 cm³/mol. The summed E-state index contributed by atoms with van der Waals surface area (Å²) in [4.78, 5) is 0. The molecule has 0 aliphatic heterocycles. The van der Waals surface area contributed by atoms with Gasteiger partial charge in [-0.05, 0) is 75.0 Å². The third-order valence-corrected chi connectivity index (χ3v) is 7.12. The van der Waals surface area contributed by atoms with Crippen LogP contribution >= 0.6 is 24.1 Å². The van der Waals surface area contributed by atoms with E-state index in [9.17, 15) is 0 Å². The molecule has 1 aromatic carbocycles. The van der Waals surface area contributed by atoms with Gasteiger partial charge in [0.15, 0.2) is 0 Å². The van der Waals surface area contributed by atoms with Crippen molar-refractivity contribution in [2.45, 2.75) is 78.0 Å². The molecule has 1 aromatic rings. The second kappa shape index (κ2) is 12.4. The van der Waals surface area contributed by atoms with Crippen molar-refractivity contribution in [2.75, 3.05) is 13.1 Å².